The van der Waals surface area contributed by atoms with Crippen LogP contribution >= 0.6 is 0 Å². The van der Waals surface area contributed by atoms with Crippen LogP contribution in [-0.4, -0.2) is 26.4 Å². The van der Waals surface area contributed by atoms with Gasteiger partial charge in [0.15, 0.2) is 0 Å². The normalized spacial score (nSPS) is 21.5. The molecule has 0 radical (unpaired) electrons. The number of hydrogen-bond acceptors (Lipinski definition) is 3. The van der Waals surface area contributed by atoms with Crippen LogP contribution in [0.2, 0.25) is 0 Å². The molecule has 6 nitrogen and oxygen atoms in total. The Kier molecular flexibility index (Phi) is 7.80. The third-order valence-corrected chi connectivity index (χ3v) is 11.9. The maximum Gasteiger partial charge on any atom is 0.115 e. The summed E-state index contributed by atoms with van der Waals surface area (Å²) in [6.45, 7) is 0. The minimum Gasteiger partial charge on any atom is -0.347 e. The number of benzene rings is 5. The molecule has 0 amide bonds. The van der Waals surface area contributed by atoms with Crippen LogP contribution in [0, 0.1) is 5.92 Å². The van der Waals surface area contributed by atoms with Crippen molar-refractivity contribution in [1.82, 2.24) is 30.1 Å². The Morgan fingerprint density at radius 1 is 0.600 bits per heavy atom. The summed E-state index contributed by atoms with van der Waals surface area (Å²) < 4.78 is 4.81. The molecule has 6 heteroatoms. The molecule has 8 aromatic rings. The lowest BCUT2D eigenvalue weighted by Crippen LogP contribution is -2.65. The second kappa shape index (κ2) is 13.3. The van der Waals surface area contributed by atoms with Crippen molar-refractivity contribution in [2.45, 2.75) is 37.8 Å². The summed E-state index contributed by atoms with van der Waals surface area (Å²) in [6, 6.07) is 46.1. The van der Waals surface area contributed by atoms with Gasteiger partial charge in [-0.15, -0.1) is 0 Å². The van der Waals surface area contributed by atoms with Gasteiger partial charge in [-0.05, 0) is 78.4 Å². The third-order valence-electron chi connectivity index (χ3n) is 11.9. The zero-order chi connectivity index (χ0) is 36.3. The van der Waals surface area contributed by atoms with Gasteiger partial charge in [0, 0.05) is 44.9 Å². The van der Waals surface area contributed by atoms with Crippen molar-refractivity contribution >= 4 is 49.2 Å². The average Bonchev–Trinajstić information content (AvgIpc) is 3.96. The molecule has 11 rings (SSSR count). The molecule has 4 atom stereocenters. The zero-order valence-corrected chi connectivity index (χ0v) is 30.5. The fourth-order valence-electron chi connectivity index (χ4n) is 9.15. The maximum atomic E-state index is 3.98. The summed E-state index contributed by atoms with van der Waals surface area (Å²) in [4.78, 5) is 3.73. The fourth-order valence-corrected chi connectivity index (χ4v) is 9.15. The van der Waals surface area contributed by atoms with Crippen LogP contribution in [0.3, 0.4) is 0 Å². The van der Waals surface area contributed by atoms with E-state index in [2.05, 4.69) is 200 Å². The van der Waals surface area contributed by atoms with Crippen molar-refractivity contribution in [1.29, 1.82) is 0 Å². The number of hydrogen-bond donors (Lipinski definition) is 4. The standard InChI is InChI=1S/C49H42N6/c1-4-14-32(15-5-1)33-24-26-35(27-25-33)48-51-47(34-16-6-2-7-17-34)52-49(53-48)36-28-46(50-31-36)55-43-23-13-11-21-39(43)41-29-40-38-20-10-12-22-42(38)54(44(40)30-45(41)55)37-18-8-3-9-19-37/h1-6,8-16,18-26,28-31,35,47-53H,7,17,27H2. The van der Waals surface area contributed by atoms with Crippen molar-refractivity contribution in [3.8, 4) is 11.5 Å². The van der Waals surface area contributed by atoms with Crippen LogP contribution in [0.1, 0.15) is 36.6 Å². The van der Waals surface area contributed by atoms with Crippen LogP contribution in [-0.2, 0) is 0 Å². The van der Waals surface area contributed by atoms with Crippen LogP contribution in [0.25, 0.3) is 60.7 Å². The third kappa shape index (κ3) is 5.52. The topological polar surface area (TPSA) is 61.7 Å². The second-order valence-corrected chi connectivity index (χ2v) is 15.1. The number of para-hydroxylation sites is 3. The zero-order valence-electron chi connectivity index (χ0n) is 30.5. The number of fused-ring (bicyclic) bond motifs is 6. The summed E-state index contributed by atoms with van der Waals surface area (Å²) in [7, 11) is 0. The molecule has 1 fully saturated rings. The molecular weight excluding hydrogens is 673 g/mol. The molecule has 4 N–H and O–H groups in total. The molecule has 1 saturated heterocycles. The highest BCUT2D eigenvalue weighted by Crippen LogP contribution is 2.40. The van der Waals surface area contributed by atoms with E-state index in [1.165, 1.54) is 65.9 Å². The fraction of sp³-hybridized carbons (Fsp3) is 0.143. The first-order chi connectivity index (χ1) is 27.3. The van der Waals surface area contributed by atoms with E-state index in [1.807, 2.05) is 0 Å². The Hall–Kier alpha value is -6.18. The quantitative estimate of drug-likeness (QED) is 0.139. The number of rotatable bonds is 6. The van der Waals surface area contributed by atoms with Crippen molar-refractivity contribution in [3.05, 3.63) is 187 Å². The molecule has 2 aliphatic carbocycles. The minimum absolute atomic E-state index is 0.0543. The molecule has 5 aromatic carbocycles. The van der Waals surface area contributed by atoms with Gasteiger partial charge >= 0.3 is 0 Å². The predicted octanol–water partition coefficient (Wildman–Crippen LogP) is 10.6. The number of nitrogens with one attached hydrogen (secondary N) is 4. The SMILES string of the molecule is C1=CCCC(C2NC(c3c[nH]c(-n4c5ccccc5c5cc6c7ccccc7n(-c7ccccc7)c6cc54)c3)NC(C3C=CC(c4ccccc4)=CC3)N2)=C1. The summed E-state index contributed by atoms with van der Waals surface area (Å²) in [5, 5.41) is 16.9. The Morgan fingerprint density at radius 2 is 1.29 bits per heavy atom. The molecule has 0 spiro atoms. The van der Waals surface area contributed by atoms with Gasteiger partial charge in [-0.2, -0.15) is 0 Å². The van der Waals surface area contributed by atoms with Gasteiger partial charge in [-0.1, -0.05) is 121 Å². The van der Waals surface area contributed by atoms with Crippen LogP contribution in [0.5, 0.6) is 0 Å². The molecule has 4 unspecified atom stereocenters. The van der Waals surface area contributed by atoms with Crippen LogP contribution < -0.4 is 16.0 Å². The second-order valence-electron chi connectivity index (χ2n) is 15.1. The van der Waals surface area contributed by atoms with Gasteiger partial charge in [-0.3, -0.25) is 20.5 Å². The number of aromatic nitrogens is 3. The first-order valence-corrected chi connectivity index (χ1v) is 19.5. The van der Waals surface area contributed by atoms with Crippen molar-refractivity contribution in [3.63, 3.8) is 0 Å². The first-order valence-electron chi connectivity index (χ1n) is 19.5. The lowest BCUT2D eigenvalue weighted by atomic mass is 9.89. The maximum absolute atomic E-state index is 3.98. The lowest BCUT2D eigenvalue weighted by molar-refractivity contribution is 0.184. The lowest BCUT2D eigenvalue weighted by Gasteiger charge is -2.43. The van der Waals surface area contributed by atoms with Gasteiger partial charge in [0.1, 0.15) is 5.82 Å². The number of H-pyrrole nitrogens is 1. The first kappa shape index (κ1) is 32.3. The van der Waals surface area contributed by atoms with Gasteiger partial charge < -0.3 is 9.55 Å². The molecule has 1 aliphatic heterocycles. The van der Waals surface area contributed by atoms with E-state index in [4.69, 9.17) is 0 Å². The van der Waals surface area contributed by atoms with Gasteiger partial charge in [-0.25, -0.2) is 0 Å². The van der Waals surface area contributed by atoms with E-state index < -0.39 is 0 Å². The molecule has 4 heterocycles. The summed E-state index contributed by atoms with van der Waals surface area (Å²) in [5.41, 5.74) is 11.1. The predicted molar refractivity (Wildman–Crippen MR) is 227 cm³/mol. The molecule has 3 aliphatic rings. The van der Waals surface area contributed by atoms with E-state index in [9.17, 15) is 0 Å². The van der Waals surface area contributed by atoms with E-state index in [0.717, 1.165) is 30.8 Å². The number of allylic oxidation sites excluding steroid dienone is 6. The molecule has 268 valence electrons. The molecule has 0 saturated carbocycles. The molecule has 55 heavy (non-hydrogen) atoms. The average molecular weight is 715 g/mol. The Balaban J connectivity index is 0.998. The van der Waals surface area contributed by atoms with Crippen LogP contribution in [0.15, 0.2) is 176 Å². The number of aromatic amines is 1. The largest absolute Gasteiger partial charge is 0.347 e. The van der Waals surface area contributed by atoms with Gasteiger partial charge in [0.25, 0.3) is 0 Å². The Bertz CT molecular complexity index is 2850. The summed E-state index contributed by atoms with van der Waals surface area (Å²) >= 11 is 0. The molecule has 3 aromatic heterocycles. The monoisotopic (exact) mass is 714 g/mol. The minimum atomic E-state index is -0.0543. The summed E-state index contributed by atoms with van der Waals surface area (Å²) in [6.07, 6.45) is 19.2. The van der Waals surface area contributed by atoms with Crippen molar-refractivity contribution in [2.24, 2.45) is 5.92 Å². The highest BCUT2D eigenvalue weighted by molar-refractivity contribution is 6.19. The van der Waals surface area contributed by atoms with E-state index in [1.54, 1.807) is 0 Å². The van der Waals surface area contributed by atoms with Crippen molar-refractivity contribution in [2.75, 3.05) is 0 Å². The number of nitrogens with zero attached hydrogens (tertiary/aromatic N) is 2. The highest BCUT2D eigenvalue weighted by Gasteiger charge is 2.34. The molecular formula is C49H42N6. The van der Waals surface area contributed by atoms with Crippen LogP contribution in [0.4, 0.5) is 0 Å². The van der Waals surface area contributed by atoms with Crippen molar-refractivity contribution < 1.29 is 0 Å². The Labute approximate surface area is 320 Å². The Morgan fingerprint density at radius 3 is 2.02 bits per heavy atom. The smallest absolute Gasteiger partial charge is 0.115 e. The highest BCUT2D eigenvalue weighted by atomic mass is 15.4. The van der Waals surface area contributed by atoms with Gasteiger partial charge in [0.2, 0.25) is 0 Å². The molecule has 0 bridgehead atoms. The van der Waals surface area contributed by atoms with E-state index in [0.29, 0.717) is 5.92 Å². The van der Waals surface area contributed by atoms with E-state index >= 15 is 0 Å². The van der Waals surface area contributed by atoms with Gasteiger partial charge in [0.05, 0.1) is 40.6 Å². The summed E-state index contributed by atoms with van der Waals surface area (Å²) in [5.74, 6) is 1.36. The van der Waals surface area contributed by atoms with E-state index in [-0.39, 0.29) is 18.5 Å².